The van der Waals surface area contributed by atoms with E-state index in [2.05, 4.69) is 21.7 Å². The topological polar surface area (TPSA) is 86.0 Å². The predicted molar refractivity (Wildman–Crippen MR) is 163 cm³/mol. The quantitative estimate of drug-likeness (QED) is 0.211. The maximum atomic E-state index is 13.8. The number of hydrogen-bond donors (Lipinski definition) is 2. The van der Waals surface area contributed by atoms with Gasteiger partial charge in [0.25, 0.3) is 0 Å². The summed E-state index contributed by atoms with van der Waals surface area (Å²) in [6, 6.07) is 23.8. The van der Waals surface area contributed by atoms with Gasteiger partial charge in [-0.05, 0) is 67.5 Å². The molecule has 1 amide bonds. The van der Waals surface area contributed by atoms with Crippen molar-refractivity contribution < 1.29 is 18.0 Å². The highest BCUT2D eigenvalue weighted by Crippen LogP contribution is 2.32. The summed E-state index contributed by atoms with van der Waals surface area (Å²) in [6.07, 6.45) is -1.22. The summed E-state index contributed by atoms with van der Waals surface area (Å²) >= 11 is 5.65. The van der Waals surface area contributed by atoms with Crippen molar-refractivity contribution in [1.29, 1.82) is 5.26 Å². The lowest BCUT2D eigenvalue weighted by Crippen LogP contribution is -2.53. The van der Waals surface area contributed by atoms with Crippen LogP contribution in [0.15, 0.2) is 91.4 Å². The maximum absolute atomic E-state index is 13.8. The van der Waals surface area contributed by atoms with Crippen molar-refractivity contribution in [3.63, 3.8) is 0 Å². The van der Waals surface area contributed by atoms with Gasteiger partial charge in [-0.25, -0.2) is 4.98 Å². The van der Waals surface area contributed by atoms with Gasteiger partial charge in [0.2, 0.25) is 5.91 Å². The molecule has 0 radical (unpaired) electrons. The van der Waals surface area contributed by atoms with Gasteiger partial charge in [-0.2, -0.15) is 18.4 Å². The number of anilines is 1. The van der Waals surface area contributed by atoms with Crippen molar-refractivity contribution in [2.24, 2.45) is 0 Å². The van der Waals surface area contributed by atoms with E-state index in [1.54, 1.807) is 49.5 Å². The van der Waals surface area contributed by atoms with Crippen molar-refractivity contribution in [3.05, 3.63) is 119 Å². The number of nitriles is 1. The van der Waals surface area contributed by atoms with Gasteiger partial charge < -0.3 is 20.1 Å². The van der Waals surface area contributed by atoms with Gasteiger partial charge in [0.1, 0.15) is 0 Å². The number of halogens is 3. The number of benzene rings is 3. The summed E-state index contributed by atoms with van der Waals surface area (Å²) in [4.78, 5) is 19.0. The highest BCUT2D eigenvalue weighted by molar-refractivity contribution is 7.80. The molecule has 0 saturated carbocycles. The van der Waals surface area contributed by atoms with Crippen LogP contribution < -0.4 is 10.6 Å². The van der Waals surface area contributed by atoms with Crippen LogP contribution in [0, 0.1) is 11.3 Å². The Morgan fingerprint density at radius 3 is 2.37 bits per heavy atom. The number of nitrogens with one attached hydrogen (secondary N) is 2. The second kappa shape index (κ2) is 13.5. The number of nitrogens with zero attached hydrogens (tertiary/aromatic N) is 4. The van der Waals surface area contributed by atoms with Crippen molar-refractivity contribution in [1.82, 2.24) is 19.8 Å². The van der Waals surface area contributed by atoms with Gasteiger partial charge in [-0.15, -0.1) is 0 Å². The van der Waals surface area contributed by atoms with Crippen LogP contribution in [0.5, 0.6) is 0 Å². The first-order valence-electron chi connectivity index (χ1n) is 13.5. The fourth-order valence-electron chi connectivity index (χ4n) is 4.69. The zero-order valence-electron chi connectivity index (χ0n) is 23.7. The second-order valence-corrected chi connectivity index (χ2v) is 11.1. The molecule has 0 aliphatic carbocycles. The fourth-order valence-corrected chi connectivity index (χ4v) is 4.93. The molecule has 3 aromatic carbocycles. The summed E-state index contributed by atoms with van der Waals surface area (Å²) in [6.45, 7) is 4.09. The molecule has 0 fully saturated rings. The standard InChI is InChI=1S/C32H31F3N6OS/c1-31(2,39-29(42)16-27-18-37-22-41(27)19-24-14-12-23(17-36)13-15-24)21-40(30(43)38-26-9-4-3-5-10-26)20-25-8-6-7-11-28(25)32(33,34)35/h3-15,18,22H,16,19-21H2,1-2H3,(H,38,43)(H,39,42). The Balaban J connectivity index is 1.48. The molecular weight excluding hydrogens is 573 g/mol. The number of carbonyl (C=O) groups excluding carboxylic acids is 1. The predicted octanol–water partition coefficient (Wildman–Crippen LogP) is 6.16. The molecule has 222 valence electrons. The van der Waals surface area contributed by atoms with Crippen molar-refractivity contribution in [3.8, 4) is 6.07 Å². The van der Waals surface area contributed by atoms with Crippen LogP contribution in [0.2, 0.25) is 0 Å². The molecule has 43 heavy (non-hydrogen) atoms. The summed E-state index contributed by atoms with van der Waals surface area (Å²) in [7, 11) is 0. The molecule has 1 aromatic heterocycles. The van der Waals surface area contributed by atoms with Gasteiger partial charge in [0, 0.05) is 37.2 Å². The Morgan fingerprint density at radius 2 is 1.70 bits per heavy atom. The Hall–Kier alpha value is -4.69. The Morgan fingerprint density at radius 1 is 1.02 bits per heavy atom. The summed E-state index contributed by atoms with van der Waals surface area (Å²) < 4.78 is 43.2. The zero-order valence-corrected chi connectivity index (χ0v) is 24.5. The largest absolute Gasteiger partial charge is 0.416 e. The molecule has 4 aromatic rings. The monoisotopic (exact) mass is 604 g/mol. The minimum absolute atomic E-state index is 0.0450. The maximum Gasteiger partial charge on any atom is 0.416 e. The van der Waals surface area contributed by atoms with E-state index in [4.69, 9.17) is 17.5 Å². The van der Waals surface area contributed by atoms with Crippen LogP contribution in [0.25, 0.3) is 0 Å². The lowest BCUT2D eigenvalue weighted by molar-refractivity contribution is -0.138. The van der Waals surface area contributed by atoms with E-state index in [1.807, 2.05) is 47.0 Å². The third kappa shape index (κ3) is 8.90. The number of carbonyl (C=O) groups is 1. The first-order chi connectivity index (χ1) is 20.4. The number of hydrogen-bond acceptors (Lipinski definition) is 4. The average molecular weight is 605 g/mol. The molecule has 0 atom stereocenters. The first-order valence-corrected chi connectivity index (χ1v) is 13.9. The van der Waals surface area contributed by atoms with Crippen LogP contribution >= 0.6 is 12.2 Å². The van der Waals surface area contributed by atoms with Crippen molar-refractivity contribution in [2.45, 2.75) is 45.1 Å². The molecular formula is C32H31F3N6OS. The first kappa shape index (κ1) is 31.3. The summed E-state index contributed by atoms with van der Waals surface area (Å²) in [5.41, 5.74) is 1.36. The molecule has 7 nitrogen and oxygen atoms in total. The van der Waals surface area contributed by atoms with Crippen LogP contribution in [0.1, 0.15) is 41.8 Å². The molecule has 0 aliphatic rings. The van der Waals surface area contributed by atoms with Crippen molar-refractivity contribution in [2.75, 3.05) is 11.9 Å². The highest BCUT2D eigenvalue weighted by atomic mass is 32.1. The number of para-hydroxylation sites is 1. The minimum Gasteiger partial charge on any atom is -0.349 e. The summed E-state index contributed by atoms with van der Waals surface area (Å²) in [5.74, 6) is -0.274. The molecule has 2 N–H and O–H groups in total. The number of amides is 1. The average Bonchev–Trinajstić information content (AvgIpc) is 3.38. The smallest absolute Gasteiger partial charge is 0.349 e. The number of aromatic nitrogens is 2. The Kier molecular flexibility index (Phi) is 9.83. The van der Waals surface area contributed by atoms with E-state index in [1.165, 1.54) is 12.1 Å². The van der Waals surface area contributed by atoms with Crippen molar-refractivity contribution >= 4 is 28.9 Å². The molecule has 0 spiro atoms. The van der Waals surface area contributed by atoms with E-state index in [0.717, 1.165) is 11.6 Å². The van der Waals surface area contributed by atoms with Gasteiger partial charge in [-0.3, -0.25) is 4.79 Å². The van der Waals surface area contributed by atoms with E-state index in [9.17, 15) is 18.0 Å². The lowest BCUT2D eigenvalue weighted by atomic mass is 10.0. The summed E-state index contributed by atoms with van der Waals surface area (Å²) in [5, 5.41) is 15.4. The lowest BCUT2D eigenvalue weighted by Gasteiger charge is -2.35. The molecule has 0 unspecified atom stereocenters. The van der Waals surface area contributed by atoms with Gasteiger partial charge >= 0.3 is 6.18 Å². The second-order valence-electron chi connectivity index (χ2n) is 10.7. The molecule has 1 heterocycles. The van der Waals surface area contributed by atoms with Crippen LogP contribution in [-0.2, 0) is 30.5 Å². The molecule has 4 rings (SSSR count). The van der Waals surface area contributed by atoms with Crippen LogP contribution in [0.4, 0.5) is 18.9 Å². The third-order valence-corrected chi connectivity index (χ3v) is 7.00. The minimum atomic E-state index is -4.53. The van der Waals surface area contributed by atoms with Crippen LogP contribution in [-0.4, -0.2) is 37.6 Å². The number of thiocarbonyl (C=S) groups is 1. The third-order valence-electron chi connectivity index (χ3n) is 6.64. The number of alkyl halides is 3. The zero-order chi connectivity index (χ0) is 31.0. The number of rotatable bonds is 10. The van der Waals surface area contributed by atoms with E-state index in [0.29, 0.717) is 23.5 Å². The number of imidazole rings is 1. The van der Waals surface area contributed by atoms with Gasteiger partial charge in [-0.1, -0.05) is 48.5 Å². The van der Waals surface area contributed by atoms with Crippen LogP contribution in [0.3, 0.4) is 0 Å². The van der Waals surface area contributed by atoms with Gasteiger partial charge in [0.05, 0.1) is 35.5 Å². The Bertz CT molecular complexity index is 1590. The fraction of sp³-hybridized carbons (Fsp3) is 0.250. The SMILES string of the molecule is CC(C)(CN(Cc1ccccc1C(F)(F)F)C(=S)Nc1ccccc1)NC(=O)Cc1cncn1Cc1ccc(C#N)cc1. The highest BCUT2D eigenvalue weighted by Gasteiger charge is 2.34. The Labute approximate surface area is 254 Å². The van der Waals surface area contributed by atoms with Gasteiger partial charge in [0.15, 0.2) is 5.11 Å². The molecule has 0 aliphatic heterocycles. The normalized spacial score (nSPS) is 11.4. The van der Waals surface area contributed by atoms with E-state index >= 15 is 0 Å². The molecule has 0 bridgehead atoms. The van der Waals surface area contributed by atoms with E-state index < -0.39 is 17.3 Å². The molecule has 0 saturated heterocycles. The van der Waals surface area contributed by atoms with E-state index in [-0.39, 0.29) is 36.1 Å². The molecule has 11 heteroatoms.